The molecule has 38 heavy (non-hydrogen) atoms. The van der Waals surface area contributed by atoms with Crippen molar-refractivity contribution in [3.63, 3.8) is 0 Å². The number of ether oxygens (including phenoxy) is 2. The number of allylic oxidation sites excluding steroid dienone is 1. The molecule has 0 unspecified atom stereocenters. The van der Waals surface area contributed by atoms with Crippen LogP contribution in [0.5, 0.6) is 17.2 Å². The van der Waals surface area contributed by atoms with Crippen molar-refractivity contribution in [1.82, 2.24) is 13.9 Å². The molecule has 0 atom stereocenters. The first-order valence-corrected chi connectivity index (χ1v) is 13.6. The summed E-state index contributed by atoms with van der Waals surface area (Å²) in [6, 6.07) is 11.6. The lowest BCUT2D eigenvalue weighted by Gasteiger charge is -2.18. The number of sulfonamides is 1. The quantitative estimate of drug-likeness (QED) is 0.381. The Hall–Kier alpha value is -4.15. The van der Waals surface area contributed by atoms with Crippen molar-refractivity contribution in [1.29, 1.82) is 0 Å². The van der Waals surface area contributed by atoms with Gasteiger partial charge in [0.1, 0.15) is 33.4 Å². The van der Waals surface area contributed by atoms with Gasteiger partial charge in [0, 0.05) is 43.5 Å². The van der Waals surface area contributed by atoms with E-state index in [0.29, 0.717) is 35.6 Å². The number of phenols is 1. The van der Waals surface area contributed by atoms with Crippen LogP contribution in [0.25, 0.3) is 28.2 Å². The highest BCUT2D eigenvalue weighted by molar-refractivity contribution is 7.89. The van der Waals surface area contributed by atoms with Crippen LogP contribution in [0.15, 0.2) is 65.5 Å². The average Bonchev–Trinajstić information content (AvgIpc) is 3.64. The van der Waals surface area contributed by atoms with Crippen molar-refractivity contribution >= 4 is 32.9 Å². The maximum Gasteiger partial charge on any atom is 0.246 e. The minimum Gasteiger partial charge on any atom is -0.507 e. The van der Waals surface area contributed by atoms with Gasteiger partial charge in [-0.25, -0.2) is 13.4 Å². The van der Waals surface area contributed by atoms with Gasteiger partial charge in [0.05, 0.1) is 7.11 Å². The highest BCUT2D eigenvalue weighted by Gasteiger charge is 2.32. The minimum atomic E-state index is -3.74. The fourth-order valence-electron chi connectivity index (χ4n) is 5.16. The summed E-state index contributed by atoms with van der Waals surface area (Å²) in [5.41, 5.74) is 2.86. The Morgan fingerprint density at radius 2 is 1.92 bits per heavy atom. The number of fused-ring (bicyclic) bond motifs is 2. The lowest BCUT2D eigenvalue weighted by Crippen LogP contribution is -2.28. The van der Waals surface area contributed by atoms with E-state index in [9.17, 15) is 18.3 Å². The van der Waals surface area contributed by atoms with Crippen molar-refractivity contribution < 1.29 is 27.8 Å². The van der Waals surface area contributed by atoms with Gasteiger partial charge in [-0.05, 0) is 60.4 Å². The summed E-state index contributed by atoms with van der Waals surface area (Å²) in [5, 5.41) is 10.9. The van der Waals surface area contributed by atoms with Crippen LogP contribution < -0.4 is 9.47 Å². The Balaban J connectivity index is 1.50. The second kappa shape index (κ2) is 9.00. The van der Waals surface area contributed by atoms with Crippen LogP contribution in [0.3, 0.4) is 0 Å². The topological polar surface area (TPSA) is 111 Å². The van der Waals surface area contributed by atoms with Gasteiger partial charge in [0.25, 0.3) is 0 Å². The summed E-state index contributed by atoms with van der Waals surface area (Å²) in [6.45, 7) is 0.967. The molecule has 0 amide bonds. The minimum absolute atomic E-state index is 0.0795. The molecule has 2 aliphatic rings. The number of benzene rings is 2. The summed E-state index contributed by atoms with van der Waals surface area (Å²) in [5.74, 6) is 0.108. The van der Waals surface area contributed by atoms with E-state index in [0.717, 1.165) is 23.8 Å². The Kier molecular flexibility index (Phi) is 5.73. The molecule has 1 N–H and O–H groups in total. The first kappa shape index (κ1) is 24.2. The summed E-state index contributed by atoms with van der Waals surface area (Å²) < 4.78 is 41.5. The molecule has 0 radical (unpaired) electrons. The Morgan fingerprint density at radius 1 is 1.13 bits per heavy atom. The molecule has 0 aliphatic carbocycles. The van der Waals surface area contributed by atoms with Crippen LogP contribution in [0.4, 0.5) is 0 Å². The van der Waals surface area contributed by atoms with E-state index >= 15 is 0 Å². The highest BCUT2D eigenvalue weighted by Crippen LogP contribution is 2.40. The molecule has 194 valence electrons. The van der Waals surface area contributed by atoms with Gasteiger partial charge in [-0.3, -0.25) is 4.79 Å². The van der Waals surface area contributed by atoms with Gasteiger partial charge in [-0.2, -0.15) is 4.31 Å². The van der Waals surface area contributed by atoms with E-state index in [4.69, 9.17) is 9.47 Å². The van der Waals surface area contributed by atoms with Gasteiger partial charge in [-0.1, -0.05) is 12.1 Å². The molecule has 4 aromatic rings. The van der Waals surface area contributed by atoms with Crippen LogP contribution in [-0.4, -0.2) is 53.4 Å². The van der Waals surface area contributed by atoms with Crippen LogP contribution >= 0.6 is 0 Å². The third kappa shape index (κ3) is 3.75. The van der Waals surface area contributed by atoms with Crippen molar-refractivity contribution in [2.75, 3.05) is 20.2 Å². The lowest BCUT2D eigenvalue weighted by molar-refractivity contribution is 0.101. The van der Waals surface area contributed by atoms with E-state index in [1.807, 2.05) is 29.9 Å². The number of rotatable bonds is 5. The van der Waals surface area contributed by atoms with Gasteiger partial charge in [0.15, 0.2) is 5.76 Å². The average molecular weight is 532 g/mol. The third-order valence-electron chi connectivity index (χ3n) is 7.01. The number of aryl methyl sites for hydroxylation is 1. The van der Waals surface area contributed by atoms with Crippen molar-refractivity contribution in [3.8, 4) is 28.4 Å². The molecule has 6 rings (SSSR count). The molecule has 0 bridgehead atoms. The van der Waals surface area contributed by atoms with Crippen molar-refractivity contribution in [2.45, 2.75) is 17.7 Å². The molecule has 1 fully saturated rings. The first-order chi connectivity index (χ1) is 18.3. The monoisotopic (exact) mass is 531 g/mol. The number of nitrogens with zero attached hydrogens (tertiary/aromatic N) is 3. The van der Waals surface area contributed by atoms with Gasteiger partial charge in [-0.15, -0.1) is 0 Å². The smallest absolute Gasteiger partial charge is 0.246 e. The molecule has 4 heterocycles. The van der Waals surface area contributed by atoms with Crippen LogP contribution in [-0.2, 0) is 17.1 Å². The number of hydrogen-bond donors (Lipinski definition) is 1. The van der Waals surface area contributed by atoms with E-state index in [2.05, 4.69) is 4.98 Å². The van der Waals surface area contributed by atoms with Crippen molar-refractivity contribution in [3.05, 3.63) is 71.7 Å². The van der Waals surface area contributed by atoms with Gasteiger partial charge >= 0.3 is 0 Å². The predicted molar refractivity (Wildman–Crippen MR) is 142 cm³/mol. The molecule has 1 saturated heterocycles. The zero-order valence-corrected chi connectivity index (χ0v) is 21.7. The SMILES string of the molecule is COc1ccc(-c2ccnc3c2c(C=C2Oc4cccc(O)c4C2=O)cn3C)cc1S(=O)(=O)N1CCCC1. The predicted octanol–water partition coefficient (Wildman–Crippen LogP) is 4.36. The number of pyridine rings is 1. The number of carbonyl (C=O) groups excluding carboxylic acids is 1. The molecule has 2 aromatic carbocycles. The maximum atomic E-state index is 13.5. The number of hydrogen-bond acceptors (Lipinski definition) is 7. The highest BCUT2D eigenvalue weighted by atomic mass is 32.2. The molecule has 2 aliphatic heterocycles. The van der Waals surface area contributed by atoms with Crippen molar-refractivity contribution in [2.24, 2.45) is 7.05 Å². The van der Waals surface area contributed by atoms with Crippen LogP contribution in [0.2, 0.25) is 0 Å². The molecule has 10 heteroatoms. The Morgan fingerprint density at radius 3 is 2.66 bits per heavy atom. The lowest BCUT2D eigenvalue weighted by atomic mass is 10.0. The van der Waals surface area contributed by atoms with E-state index in [1.165, 1.54) is 17.5 Å². The first-order valence-electron chi connectivity index (χ1n) is 12.2. The molecule has 9 nitrogen and oxygen atoms in total. The van der Waals surface area contributed by atoms with E-state index in [1.54, 1.807) is 36.5 Å². The second-order valence-corrected chi connectivity index (χ2v) is 11.2. The summed E-state index contributed by atoms with van der Waals surface area (Å²) in [6.07, 6.45) is 6.78. The van der Waals surface area contributed by atoms with E-state index < -0.39 is 15.8 Å². The largest absolute Gasteiger partial charge is 0.507 e. The fourth-order valence-corrected chi connectivity index (χ4v) is 6.86. The number of aromatic hydroxyl groups is 1. The Labute approximate surface area is 219 Å². The standard InChI is InChI=1S/C28H25N3O6S/c1-30-16-18(14-23-27(33)26-20(32)6-5-7-22(26)37-23)25-19(10-11-29-28(25)30)17-8-9-21(36-2)24(15-17)38(34,35)31-12-3-4-13-31/h5-11,14-16,32H,3-4,12-13H2,1-2H3. The molecule has 2 aromatic heterocycles. The van der Waals surface area contributed by atoms with Crippen LogP contribution in [0, 0.1) is 0 Å². The second-order valence-electron chi connectivity index (χ2n) is 9.32. The maximum absolute atomic E-state index is 13.5. The van der Waals surface area contributed by atoms with Gasteiger partial charge < -0.3 is 19.1 Å². The third-order valence-corrected chi connectivity index (χ3v) is 8.93. The zero-order chi connectivity index (χ0) is 26.6. The number of phenolic OH excluding ortho intramolecular Hbond substituents is 1. The molecule has 0 spiro atoms. The summed E-state index contributed by atoms with van der Waals surface area (Å²) >= 11 is 0. The van der Waals surface area contributed by atoms with E-state index in [-0.39, 0.29) is 27.7 Å². The molecule has 0 saturated carbocycles. The number of methoxy groups -OCH3 is 1. The number of Topliss-reactive ketones (excluding diaryl/α,β-unsaturated/α-hetero) is 1. The Bertz CT molecular complexity index is 1750. The summed E-state index contributed by atoms with van der Waals surface area (Å²) in [7, 11) is -0.443. The molecular weight excluding hydrogens is 506 g/mol. The van der Waals surface area contributed by atoms with Crippen LogP contribution in [0.1, 0.15) is 28.8 Å². The number of aromatic nitrogens is 2. The normalized spacial score (nSPS) is 16.8. The zero-order valence-electron chi connectivity index (χ0n) is 20.8. The fraction of sp³-hybridized carbons (Fsp3) is 0.214. The summed E-state index contributed by atoms with van der Waals surface area (Å²) in [4.78, 5) is 17.6. The number of ketones is 1. The van der Waals surface area contributed by atoms with Gasteiger partial charge in [0.2, 0.25) is 15.8 Å². The number of carbonyl (C=O) groups is 1. The molecular formula is C28H25N3O6S.